The Kier molecular flexibility index (Phi) is 6.57. The van der Waals surface area contributed by atoms with Gasteiger partial charge in [0.2, 0.25) is 0 Å². The van der Waals surface area contributed by atoms with Crippen LogP contribution in [0.3, 0.4) is 0 Å². The lowest BCUT2D eigenvalue weighted by molar-refractivity contribution is -0.858. The molecule has 1 saturated heterocycles. The second-order valence-electron chi connectivity index (χ2n) is 7.95. The molecular weight excluding hydrogens is 380 g/mol. The van der Waals surface area contributed by atoms with Crippen LogP contribution in [-0.4, -0.2) is 56.0 Å². The van der Waals surface area contributed by atoms with Gasteiger partial charge in [-0.3, -0.25) is 9.59 Å². The molecule has 158 valence electrons. The average Bonchev–Trinajstić information content (AvgIpc) is 2.98. The third-order valence-electron chi connectivity index (χ3n) is 5.35. The molecule has 0 unspecified atom stereocenters. The van der Waals surface area contributed by atoms with Gasteiger partial charge in [0.25, 0.3) is 11.7 Å². The van der Waals surface area contributed by atoms with Crippen LogP contribution in [0.2, 0.25) is 0 Å². The first-order valence-corrected chi connectivity index (χ1v) is 10.1. The van der Waals surface area contributed by atoms with E-state index in [4.69, 9.17) is 4.74 Å². The number of ether oxygens (including phenoxy) is 1. The highest BCUT2D eigenvalue weighted by Gasteiger charge is 2.45. The second kappa shape index (κ2) is 9.13. The van der Waals surface area contributed by atoms with Crippen LogP contribution in [0.5, 0.6) is 5.75 Å². The molecule has 0 aromatic heterocycles. The van der Waals surface area contributed by atoms with E-state index in [-0.39, 0.29) is 11.3 Å². The molecule has 1 heterocycles. The van der Waals surface area contributed by atoms with Gasteiger partial charge in [-0.1, -0.05) is 42.0 Å². The molecule has 2 aromatic carbocycles. The number of hydrogen-bond donors (Lipinski definition) is 2. The summed E-state index contributed by atoms with van der Waals surface area (Å²) in [4.78, 5) is 28.7. The summed E-state index contributed by atoms with van der Waals surface area (Å²) in [7, 11) is 5.66. The number of likely N-dealkylation sites (tertiary alicyclic amines) is 1. The predicted molar refractivity (Wildman–Crippen MR) is 115 cm³/mol. The number of Topliss-reactive ketones (excluding diaryl/α,β-unsaturated/α-hetero) is 1. The zero-order chi connectivity index (χ0) is 21.8. The van der Waals surface area contributed by atoms with E-state index in [1.54, 1.807) is 24.1 Å². The Bertz CT molecular complexity index is 963. The third-order valence-corrected chi connectivity index (χ3v) is 5.35. The molecule has 0 radical (unpaired) electrons. The van der Waals surface area contributed by atoms with E-state index >= 15 is 0 Å². The summed E-state index contributed by atoms with van der Waals surface area (Å²) in [6.07, 6.45) is 0.750. The lowest BCUT2D eigenvalue weighted by Gasteiger charge is -2.25. The van der Waals surface area contributed by atoms with Gasteiger partial charge >= 0.3 is 0 Å². The Morgan fingerprint density at radius 3 is 2.47 bits per heavy atom. The summed E-state index contributed by atoms with van der Waals surface area (Å²) in [5.41, 5.74) is 2.42. The molecule has 6 heteroatoms. The maximum Gasteiger partial charge on any atom is 0.295 e. The summed E-state index contributed by atoms with van der Waals surface area (Å²) in [5, 5.41) is 11.0. The van der Waals surface area contributed by atoms with Crippen molar-refractivity contribution in [3.8, 4) is 5.75 Å². The van der Waals surface area contributed by atoms with Gasteiger partial charge in [-0.25, -0.2) is 0 Å². The number of benzene rings is 2. The molecule has 1 aliphatic heterocycles. The summed E-state index contributed by atoms with van der Waals surface area (Å²) in [5.74, 6) is -0.753. The fourth-order valence-electron chi connectivity index (χ4n) is 3.74. The number of rotatable bonds is 7. The van der Waals surface area contributed by atoms with E-state index in [9.17, 15) is 14.7 Å². The highest BCUT2D eigenvalue weighted by Crippen LogP contribution is 2.40. The number of carbonyl (C=O) groups is 2. The topological polar surface area (TPSA) is 71.3 Å². The van der Waals surface area contributed by atoms with Gasteiger partial charge in [0.05, 0.1) is 39.4 Å². The summed E-state index contributed by atoms with van der Waals surface area (Å²) < 4.78 is 5.34. The minimum atomic E-state index is -0.655. The van der Waals surface area contributed by atoms with Crippen molar-refractivity contribution in [1.82, 2.24) is 4.90 Å². The molecule has 0 bridgehead atoms. The number of ketones is 1. The Morgan fingerprint density at radius 1 is 1.13 bits per heavy atom. The van der Waals surface area contributed by atoms with Gasteiger partial charge in [-0.2, -0.15) is 0 Å². The lowest BCUT2D eigenvalue weighted by atomic mass is 9.95. The van der Waals surface area contributed by atoms with E-state index in [1.807, 2.05) is 57.4 Å². The number of quaternary nitrogens is 1. The number of carbonyl (C=O) groups excluding carboxylic acids is 2. The highest BCUT2D eigenvalue weighted by atomic mass is 16.5. The standard InChI is InChI=1S/C24H28N2O4/c1-16-9-11-17(12-10-16)22(27)20-21(18-7-5-8-19(15-18)30-4)26(24(29)23(20)28)14-6-13-25(2)3/h5,7-12,15,21,27H,6,13-14H2,1-4H3/p+1/t21-/m0/s1. The Labute approximate surface area is 177 Å². The first-order chi connectivity index (χ1) is 14.3. The van der Waals surface area contributed by atoms with E-state index in [0.717, 1.165) is 24.1 Å². The molecule has 30 heavy (non-hydrogen) atoms. The van der Waals surface area contributed by atoms with Crippen molar-refractivity contribution in [1.29, 1.82) is 0 Å². The van der Waals surface area contributed by atoms with Gasteiger partial charge in [-0.15, -0.1) is 0 Å². The van der Waals surface area contributed by atoms with Crippen LogP contribution in [0, 0.1) is 6.92 Å². The molecule has 1 amide bonds. The van der Waals surface area contributed by atoms with Crippen LogP contribution < -0.4 is 9.64 Å². The molecule has 0 aliphatic carbocycles. The minimum absolute atomic E-state index is 0.120. The van der Waals surface area contributed by atoms with Crippen LogP contribution in [0.15, 0.2) is 54.1 Å². The molecule has 6 nitrogen and oxygen atoms in total. The maximum absolute atomic E-state index is 13.0. The van der Waals surface area contributed by atoms with Crippen LogP contribution in [-0.2, 0) is 9.59 Å². The smallest absolute Gasteiger partial charge is 0.295 e. The van der Waals surface area contributed by atoms with Crippen molar-refractivity contribution >= 4 is 17.4 Å². The monoisotopic (exact) mass is 409 g/mol. The first-order valence-electron chi connectivity index (χ1n) is 10.1. The van der Waals surface area contributed by atoms with Crippen molar-refractivity contribution in [2.75, 3.05) is 34.3 Å². The fraction of sp³-hybridized carbons (Fsp3) is 0.333. The van der Waals surface area contributed by atoms with Crippen LogP contribution in [0.4, 0.5) is 0 Å². The van der Waals surface area contributed by atoms with Gasteiger partial charge < -0.3 is 19.6 Å². The summed E-state index contributed by atoms with van der Waals surface area (Å²) >= 11 is 0. The van der Waals surface area contributed by atoms with Crippen molar-refractivity contribution in [3.05, 3.63) is 70.8 Å². The van der Waals surface area contributed by atoms with E-state index in [2.05, 4.69) is 0 Å². The number of nitrogens with one attached hydrogen (secondary N) is 1. The molecule has 2 aromatic rings. The number of aryl methyl sites for hydroxylation is 1. The van der Waals surface area contributed by atoms with Crippen molar-refractivity contribution in [2.24, 2.45) is 0 Å². The lowest BCUT2D eigenvalue weighted by Crippen LogP contribution is -3.05. The number of hydrogen-bond acceptors (Lipinski definition) is 4. The van der Waals surface area contributed by atoms with E-state index in [1.165, 1.54) is 4.90 Å². The number of amides is 1. The average molecular weight is 410 g/mol. The molecule has 1 aliphatic rings. The van der Waals surface area contributed by atoms with Crippen LogP contribution >= 0.6 is 0 Å². The summed E-state index contributed by atoms with van der Waals surface area (Å²) in [6, 6.07) is 13.9. The van der Waals surface area contributed by atoms with Gasteiger partial charge in [0.1, 0.15) is 11.5 Å². The zero-order valence-electron chi connectivity index (χ0n) is 17.9. The normalized spacial score (nSPS) is 18.3. The maximum atomic E-state index is 13.0. The molecular formula is C24H29N2O4+. The number of nitrogens with zero attached hydrogens (tertiary/aromatic N) is 1. The quantitative estimate of drug-likeness (QED) is 0.417. The molecule has 2 N–H and O–H groups in total. The van der Waals surface area contributed by atoms with Crippen molar-refractivity contribution in [2.45, 2.75) is 19.4 Å². The van der Waals surface area contributed by atoms with E-state index in [0.29, 0.717) is 17.9 Å². The van der Waals surface area contributed by atoms with Crippen LogP contribution in [0.25, 0.3) is 5.76 Å². The summed E-state index contributed by atoms with van der Waals surface area (Å²) in [6.45, 7) is 3.25. The SMILES string of the molecule is COc1cccc([C@H]2C(=C(O)c3ccc(C)cc3)C(=O)C(=O)N2CCC[NH+](C)C)c1. The molecule has 3 rings (SSSR count). The van der Waals surface area contributed by atoms with E-state index < -0.39 is 17.7 Å². The Morgan fingerprint density at radius 2 is 1.83 bits per heavy atom. The Balaban J connectivity index is 2.10. The van der Waals surface area contributed by atoms with Gasteiger partial charge in [-0.05, 0) is 24.6 Å². The largest absolute Gasteiger partial charge is 0.507 e. The van der Waals surface area contributed by atoms with Gasteiger partial charge in [0, 0.05) is 18.5 Å². The number of methoxy groups -OCH3 is 1. The third kappa shape index (κ3) is 4.39. The molecule has 1 atom stereocenters. The number of aliphatic hydroxyl groups excluding tert-OH is 1. The van der Waals surface area contributed by atoms with Crippen molar-refractivity contribution < 1.29 is 24.3 Å². The highest BCUT2D eigenvalue weighted by molar-refractivity contribution is 6.46. The Hall–Kier alpha value is -3.12. The predicted octanol–water partition coefficient (Wildman–Crippen LogP) is 1.96. The van der Waals surface area contributed by atoms with Crippen LogP contribution in [0.1, 0.15) is 29.2 Å². The molecule has 0 spiro atoms. The minimum Gasteiger partial charge on any atom is -0.507 e. The molecule has 0 saturated carbocycles. The fourth-order valence-corrected chi connectivity index (χ4v) is 3.74. The van der Waals surface area contributed by atoms with Gasteiger partial charge in [0.15, 0.2) is 0 Å². The van der Waals surface area contributed by atoms with Crippen molar-refractivity contribution in [3.63, 3.8) is 0 Å². The number of aliphatic hydroxyl groups is 1. The molecule has 1 fully saturated rings. The second-order valence-corrected chi connectivity index (χ2v) is 7.95. The first kappa shape index (κ1) is 21.6. The zero-order valence-corrected chi connectivity index (χ0v) is 17.9.